The zero-order valence-corrected chi connectivity index (χ0v) is 21.9. The molecule has 0 spiro atoms. The van der Waals surface area contributed by atoms with Crippen LogP contribution in [0.4, 0.5) is 5.69 Å². The van der Waals surface area contributed by atoms with Crippen LogP contribution in [0, 0.1) is 22.7 Å². The molecule has 0 aromatic heterocycles. The Morgan fingerprint density at radius 3 is 2.21 bits per heavy atom. The fourth-order valence-electron chi connectivity index (χ4n) is 6.04. The number of nitriles is 2. The fraction of sp³-hybridized carbons (Fsp3) is 0.242. The van der Waals surface area contributed by atoms with E-state index in [4.69, 9.17) is 0 Å². The molecule has 0 amide bonds. The number of hydrogen-bond acceptors (Lipinski definition) is 6. The number of aryl methyl sites for hydroxylation is 2. The molecule has 6 heteroatoms. The zero-order valence-electron chi connectivity index (χ0n) is 21.9. The zero-order chi connectivity index (χ0) is 27.0. The molecule has 3 aromatic rings. The predicted octanol–water partition coefficient (Wildman–Crippen LogP) is 5.60. The van der Waals surface area contributed by atoms with E-state index < -0.39 is 5.72 Å². The molecule has 192 valence electrons. The highest BCUT2D eigenvalue weighted by Crippen LogP contribution is 2.39. The standard InChI is InChI=1S/C33H29N5O/c1-22-29(33(39,28-9-3-2-4-10-28)37-31(21-35)30(20-34)36-22)17-23-11-13-24(14-12-23)27-18-25-7-5-15-38-16-6-8-26(19-27)32(25)38/h2-4,9-14,17-19,37,39H,5-8,15-16H2,1H3/b29-17+. The van der Waals surface area contributed by atoms with Gasteiger partial charge in [0, 0.05) is 35.6 Å². The van der Waals surface area contributed by atoms with E-state index >= 15 is 0 Å². The minimum absolute atomic E-state index is 0.0574. The predicted molar refractivity (Wildman–Crippen MR) is 154 cm³/mol. The van der Waals surface area contributed by atoms with Gasteiger partial charge in [0.05, 0.1) is 0 Å². The average Bonchev–Trinajstić information content (AvgIpc) is 3.08. The summed E-state index contributed by atoms with van der Waals surface area (Å²) >= 11 is 0. The molecule has 6 rings (SSSR count). The number of nitrogens with one attached hydrogen (secondary N) is 1. The van der Waals surface area contributed by atoms with Gasteiger partial charge in [-0.25, -0.2) is 4.99 Å². The molecule has 1 unspecified atom stereocenters. The summed E-state index contributed by atoms with van der Waals surface area (Å²) in [7, 11) is 0. The fourth-order valence-corrected chi connectivity index (χ4v) is 6.04. The summed E-state index contributed by atoms with van der Waals surface area (Å²) in [4.78, 5) is 6.96. The lowest BCUT2D eigenvalue weighted by molar-refractivity contribution is 0.0585. The van der Waals surface area contributed by atoms with Gasteiger partial charge in [-0.3, -0.25) is 0 Å². The quantitative estimate of drug-likeness (QED) is 0.477. The van der Waals surface area contributed by atoms with Gasteiger partial charge < -0.3 is 15.3 Å². The molecule has 3 aliphatic heterocycles. The Labute approximate surface area is 228 Å². The van der Waals surface area contributed by atoms with Crippen molar-refractivity contribution in [1.82, 2.24) is 5.32 Å². The maximum atomic E-state index is 12.0. The number of aliphatic hydroxyl groups is 1. The maximum Gasteiger partial charge on any atom is 0.191 e. The molecular weight excluding hydrogens is 482 g/mol. The molecule has 0 bridgehead atoms. The molecule has 3 heterocycles. The molecule has 39 heavy (non-hydrogen) atoms. The van der Waals surface area contributed by atoms with Crippen LogP contribution in [0.15, 0.2) is 88.7 Å². The van der Waals surface area contributed by atoms with Crippen LogP contribution in [0.5, 0.6) is 0 Å². The van der Waals surface area contributed by atoms with Crippen molar-refractivity contribution < 1.29 is 5.11 Å². The summed E-state index contributed by atoms with van der Waals surface area (Å²) in [6.07, 6.45) is 6.54. The lowest BCUT2D eigenvalue weighted by Gasteiger charge is -2.37. The van der Waals surface area contributed by atoms with Crippen molar-refractivity contribution >= 4 is 17.5 Å². The van der Waals surface area contributed by atoms with Crippen LogP contribution in [0.2, 0.25) is 0 Å². The highest BCUT2D eigenvalue weighted by Gasteiger charge is 2.38. The first-order valence-electron chi connectivity index (χ1n) is 13.4. The molecule has 0 radical (unpaired) electrons. The minimum atomic E-state index is -1.75. The molecule has 3 aliphatic rings. The molecule has 0 saturated carbocycles. The van der Waals surface area contributed by atoms with E-state index in [0.717, 1.165) is 37.1 Å². The largest absolute Gasteiger partial charge is 0.371 e. The highest BCUT2D eigenvalue weighted by molar-refractivity contribution is 6.05. The van der Waals surface area contributed by atoms with Crippen molar-refractivity contribution in [2.75, 3.05) is 18.0 Å². The second kappa shape index (κ2) is 9.91. The van der Waals surface area contributed by atoms with Crippen molar-refractivity contribution in [2.24, 2.45) is 4.99 Å². The lowest BCUT2D eigenvalue weighted by atomic mass is 9.88. The van der Waals surface area contributed by atoms with E-state index in [1.54, 1.807) is 19.1 Å². The van der Waals surface area contributed by atoms with Gasteiger partial charge in [-0.2, -0.15) is 10.5 Å². The first-order valence-corrected chi connectivity index (χ1v) is 13.4. The Morgan fingerprint density at radius 1 is 0.923 bits per heavy atom. The number of hydrogen-bond donors (Lipinski definition) is 2. The average molecular weight is 512 g/mol. The van der Waals surface area contributed by atoms with Crippen molar-refractivity contribution in [1.29, 1.82) is 10.5 Å². The number of allylic oxidation sites excluding steroid dienone is 2. The Morgan fingerprint density at radius 2 is 1.59 bits per heavy atom. The van der Waals surface area contributed by atoms with Gasteiger partial charge >= 0.3 is 0 Å². The van der Waals surface area contributed by atoms with Crippen LogP contribution in [0.25, 0.3) is 17.2 Å². The molecule has 6 nitrogen and oxygen atoms in total. The summed E-state index contributed by atoms with van der Waals surface area (Å²) in [5.74, 6) is 0. The maximum absolute atomic E-state index is 12.0. The summed E-state index contributed by atoms with van der Waals surface area (Å²) < 4.78 is 0. The van der Waals surface area contributed by atoms with Gasteiger partial charge in [0.25, 0.3) is 0 Å². The normalized spacial score (nSPS) is 21.3. The second-order valence-corrected chi connectivity index (χ2v) is 10.4. The summed E-state index contributed by atoms with van der Waals surface area (Å²) in [5, 5.41) is 34.2. The van der Waals surface area contributed by atoms with Crippen LogP contribution >= 0.6 is 0 Å². The van der Waals surface area contributed by atoms with Crippen LogP contribution in [-0.2, 0) is 18.6 Å². The minimum Gasteiger partial charge on any atom is -0.371 e. The van der Waals surface area contributed by atoms with Crippen molar-refractivity contribution in [3.05, 3.63) is 106 Å². The monoisotopic (exact) mass is 511 g/mol. The van der Waals surface area contributed by atoms with E-state index in [-0.39, 0.29) is 11.4 Å². The van der Waals surface area contributed by atoms with Crippen molar-refractivity contribution in [3.8, 4) is 23.3 Å². The van der Waals surface area contributed by atoms with Crippen LogP contribution in [0.3, 0.4) is 0 Å². The van der Waals surface area contributed by atoms with Gasteiger partial charge in [0.1, 0.15) is 12.1 Å². The molecule has 0 saturated heterocycles. The van der Waals surface area contributed by atoms with Gasteiger partial charge in [0.15, 0.2) is 17.1 Å². The molecule has 0 fully saturated rings. The van der Waals surface area contributed by atoms with Crippen LogP contribution in [-0.4, -0.2) is 23.9 Å². The summed E-state index contributed by atoms with van der Waals surface area (Å²) in [5.41, 5.74) is 7.25. The molecule has 3 aromatic carbocycles. The van der Waals surface area contributed by atoms with Crippen LogP contribution in [0.1, 0.15) is 42.0 Å². The van der Waals surface area contributed by atoms with E-state index in [0.29, 0.717) is 16.8 Å². The molecule has 1 atom stereocenters. The number of nitrogens with zero attached hydrogens (tertiary/aromatic N) is 4. The van der Waals surface area contributed by atoms with Crippen molar-refractivity contribution in [2.45, 2.75) is 38.3 Å². The SMILES string of the molecule is CC1=NC(C#N)=C(C#N)NC(O)(c2ccccc2)/C1=C/c1ccc(-c2cc3c4c(c2)CCCN4CCC3)cc1. The first-order chi connectivity index (χ1) is 19.0. The highest BCUT2D eigenvalue weighted by atomic mass is 16.3. The Kier molecular flexibility index (Phi) is 6.27. The number of anilines is 1. The van der Waals surface area contributed by atoms with E-state index in [1.807, 2.05) is 48.5 Å². The van der Waals surface area contributed by atoms with Crippen molar-refractivity contribution in [3.63, 3.8) is 0 Å². The van der Waals surface area contributed by atoms with E-state index in [1.165, 1.54) is 35.2 Å². The number of aliphatic imine (C=N–C) groups is 1. The lowest BCUT2D eigenvalue weighted by Crippen LogP contribution is -2.44. The third-order valence-electron chi connectivity index (χ3n) is 7.90. The topological polar surface area (TPSA) is 95.4 Å². The van der Waals surface area contributed by atoms with E-state index in [9.17, 15) is 15.6 Å². The van der Waals surface area contributed by atoms with Gasteiger partial charge in [-0.15, -0.1) is 0 Å². The third-order valence-corrected chi connectivity index (χ3v) is 7.90. The molecular formula is C33H29N5O. The smallest absolute Gasteiger partial charge is 0.191 e. The first kappa shape index (κ1) is 24.7. The Hall–Kier alpha value is -4.65. The number of benzene rings is 3. The Bertz CT molecular complexity index is 1590. The third kappa shape index (κ3) is 4.40. The van der Waals surface area contributed by atoms with Gasteiger partial charge in [0.2, 0.25) is 0 Å². The summed E-state index contributed by atoms with van der Waals surface area (Å²) in [6.45, 7) is 4.07. The van der Waals surface area contributed by atoms with Crippen LogP contribution < -0.4 is 10.2 Å². The molecule has 2 N–H and O–H groups in total. The second-order valence-electron chi connectivity index (χ2n) is 10.4. The van der Waals surface area contributed by atoms with Gasteiger partial charge in [-0.1, -0.05) is 54.6 Å². The Balaban J connectivity index is 1.40. The van der Waals surface area contributed by atoms with Gasteiger partial charge in [-0.05, 0) is 78.6 Å². The summed E-state index contributed by atoms with van der Waals surface area (Å²) in [6, 6.07) is 26.0. The number of rotatable bonds is 3. The molecule has 0 aliphatic carbocycles. The van der Waals surface area contributed by atoms with E-state index in [2.05, 4.69) is 39.5 Å².